The minimum atomic E-state index is -4.52. The number of aromatic hydroxyl groups is 1. The Bertz CT molecular complexity index is 1150. The minimum absolute atomic E-state index is 0.0852. The Morgan fingerprint density at radius 3 is 2.42 bits per heavy atom. The van der Waals surface area contributed by atoms with Gasteiger partial charge in [-0.15, -0.1) is 0 Å². The van der Waals surface area contributed by atoms with E-state index in [0.717, 1.165) is 0 Å². The molecule has 0 saturated carbocycles. The van der Waals surface area contributed by atoms with Crippen LogP contribution in [0.4, 0.5) is 18.9 Å². The van der Waals surface area contributed by atoms with Gasteiger partial charge in [-0.3, -0.25) is 14.4 Å². The standard InChI is InChI=1S/C25H27F3N4O4/c1-2-7-16(15(21(29)34)12-13-25(26,27)28)23(35)32-22-24(36)31-20-17(10-6-11-18(20)33)19(30-22)14-8-4-3-5-9-14/h3-6,8-11,15-16,22,33H,2,7,12-13H2,1H3,(H2,29,34)(H,31,36)(H,32,35)/t15-,16+,22-/m1/s1. The van der Waals surface area contributed by atoms with E-state index >= 15 is 0 Å². The first-order valence-corrected chi connectivity index (χ1v) is 11.4. The second kappa shape index (κ2) is 11.2. The fraction of sp³-hybridized carbons (Fsp3) is 0.360. The van der Waals surface area contributed by atoms with Crippen LogP contribution in [-0.2, 0) is 14.4 Å². The number of nitrogens with two attached hydrogens (primary N) is 1. The number of para-hydroxylation sites is 1. The highest BCUT2D eigenvalue weighted by molar-refractivity contribution is 6.20. The first-order chi connectivity index (χ1) is 17.0. The molecule has 1 aliphatic heterocycles. The van der Waals surface area contributed by atoms with E-state index in [1.165, 1.54) is 6.07 Å². The van der Waals surface area contributed by atoms with Crippen molar-refractivity contribution in [1.82, 2.24) is 5.32 Å². The number of nitrogens with one attached hydrogen (secondary N) is 2. The topological polar surface area (TPSA) is 134 Å². The number of hydrogen-bond donors (Lipinski definition) is 4. The quantitative estimate of drug-likeness (QED) is 0.389. The second-order valence-corrected chi connectivity index (χ2v) is 8.50. The van der Waals surface area contributed by atoms with Gasteiger partial charge in [0.05, 0.1) is 11.4 Å². The second-order valence-electron chi connectivity index (χ2n) is 8.50. The van der Waals surface area contributed by atoms with E-state index in [1.807, 2.05) is 0 Å². The molecule has 5 N–H and O–H groups in total. The first kappa shape index (κ1) is 26.7. The average molecular weight is 505 g/mol. The summed E-state index contributed by atoms with van der Waals surface area (Å²) < 4.78 is 38.5. The third-order valence-electron chi connectivity index (χ3n) is 5.90. The van der Waals surface area contributed by atoms with Crippen LogP contribution in [0.15, 0.2) is 53.5 Å². The summed E-state index contributed by atoms with van der Waals surface area (Å²) >= 11 is 0. The highest BCUT2D eigenvalue weighted by Gasteiger charge is 2.38. The smallest absolute Gasteiger partial charge is 0.389 e. The maximum absolute atomic E-state index is 13.2. The molecule has 0 radical (unpaired) electrons. The number of phenols is 1. The number of carbonyl (C=O) groups excluding carboxylic acids is 3. The van der Waals surface area contributed by atoms with Crippen LogP contribution >= 0.6 is 0 Å². The van der Waals surface area contributed by atoms with E-state index in [4.69, 9.17) is 5.73 Å². The highest BCUT2D eigenvalue weighted by Crippen LogP contribution is 2.33. The van der Waals surface area contributed by atoms with Crippen LogP contribution < -0.4 is 16.4 Å². The molecular formula is C25H27F3N4O4. The molecule has 0 unspecified atom stereocenters. The number of hydrogen-bond acceptors (Lipinski definition) is 5. The van der Waals surface area contributed by atoms with Crippen molar-refractivity contribution in [2.75, 3.05) is 5.32 Å². The maximum atomic E-state index is 13.2. The predicted octanol–water partition coefficient (Wildman–Crippen LogP) is 3.48. The lowest BCUT2D eigenvalue weighted by Crippen LogP contribution is -2.48. The first-order valence-electron chi connectivity index (χ1n) is 11.4. The van der Waals surface area contributed by atoms with E-state index in [-0.39, 0.29) is 17.9 Å². The van der Waals surface area contributed by atoms with Gasteiger partial charge in [0.1, 0.15) is 5.75 Å². The Kier molecular flexibility index (Phi) is 8.33. The summed E-state index contributed by atoms with van der Waals surface area (Å²) in [6.07, 6.45) is -7.45. The monoisotopic (exact) mass is 504 g/mol. The SMILES string of the molecule is CCC[C@H](C(=O)N[C@H]1N=C(c2ccccc2)c2cccc(O)c2NC1=O)[C@@H](CCC(F)(F)F)C(N)=O. The van der Waals surface area contributed by atoms with Gasteiger partial charge in [0, 0.05) is 29.4 Å². The minimum Gasteiger partial charge on any atom is -0.506 e. The number of benzene rings is 2. The van der Waals surface area contributed by atoms with Crippen molar-refractivity contribution in [3.05, 3.63) is 59.7 Å². The van der Waals surface area contributed by atoms with Crippen LogP contribution in [-0.4, -0.2) is 40.9 Å². The zero-order chi connectivity index (χ0) is 26.5. The number of primary amides is 1. The molecule has 8 nitrogen and oxygen atoms in total. The van der Waals surface area contributed by atoms with Gasteiger partial charge in [-0.05, 0) is 18.9 Å². The number of aliphatic imine (C=N–C) groups is 1. The third kappa shape index (κ3) is 6.41. The number of carbonyl (C=O) groups is 3. The number of nitrogens with zero attached hydrogens (tertiary/aromatic N) is 1. The molecule has 192 valence electrons. The van der Waals surface area contributed by atoms with Crippen molar-refractivity contribution < 1.29 is 32.7 Å². The Hall–Kier alpha value is -3.89. The van der Waals surface area contributed by atoms with E-state index in [1.54, 1.807) is 49.4 Å². The molecular weight excluding hydrogens is 477 g/mol. The molecule has 2 aromatic carbocycles. The van der Waals surface area contributed by atoms with E-state index < -0.39 is 54.7 Å². The molecule has 0 aliphatic carbocycles. The molecule has 0 bridgehead atoms. The van der Waals surface area contributed by atoms with Gasteiger partial charge in [-0.25, -0.2) is 4.99 Å². The molecule has 0 aromatic heterocycles. The molecule has 0 spiro atoms. The van der Waals surface area contributed by atoms with Crippen LogP contribution in [0.3, 0.4) is 0 Å². The predicted molar refractivity (Wildman–Crippen MR) is 127 cm³/mol. The number of amides is 3. The average Bonchev–Trinajstić information content (AvgIpc) is 2.95. The molecule has 0 fully saturated rings. The van der Waals surface area contributed by atoms with E-state index in [9.17, 15) is 32.7 Å². The van der Waals surface area contributed by atoms with Crippen molar-refractivity contribution in [2.24, 2.45) is 22.6 Å². The van der Waals surface area contributed by atoms with Gasteiger partial charge in [0.2, 0.25) is 18.0 Å². The maximum Gasteiger partial charge on any atom is 0.389 e. The van der Waals surface area contributed by atoms with Crippen LogP contribution in [0.5, 0.6) is 5.75 Å². The summed E-state index contributed by atoms with van der Waals surface area (Å²) in [5.74, 6) is -5.37. The van der Waals surface area contributed by atoms with Crippen LogP contribution in [0, 0.1) is 11.8 Å². The van der Waals surface area contributed by atoms with Crippen LogP contribution in [0.25, 0.3) is 0 Å². The normalized spacial score (nSPS) is 17.2. The Morgan fingerprint density at radius 2 is 1.81 bits per heavy atom. The molecule has 2 aromatic rings. The Morgan fingerprint density at radius 1 is 1.11 bits per heavy atom. The van der Waals surface area contributed by atoms with Crippen LogP contribution in [0.1, 0.15) is 43.7 Å². The fourth-order valence-corrected chi connectivity index (χ4v) is 4.17. The highest BCUT2D eigenvalue weighted by atomic mass is 19.4. The molecule has 3 atom stereocenters. The lowest BCUT2D eigenvalue weighted by atomic mass is 9.83. The van der Waals surface area contributed by atoms with Gasteiger partial charge in [-0.1, -0.05) is 55.8 Å². The Labute approximate surface area is 205 Å². The zero-order valence-corrected chi connectivity index (χ0v) is 19.5. The number of rotatable bonds is 9. The van der Waals surface area contributed by atoms with Crippen molar-refractivity contribution in [1.29, 1.82) is 0 Å². The number of halogens is 3. The summed E-state index contributed by atoms with van der Waals surface area (Å²) in [4.78, 5) is 42.7. The lowest BCUT2D eigenvalue weighted by molar-refractivity contribution is -0.145. The van der Waals surface area contributed by atoms with E-state index in [2.05, 4.69) is 15.6 Å². The molecule has 1 aliphatic rings. The molecule has 11 heteroatoms. The van der Waals surface area contributed by atoms with Gasteiger partial charge in [-0.2, -0.15) is 13.2 Å². The van der Waals surface area contributed by atoms with Crippen molar-refractivity contribution >= 4 is 29.1 Å². The van der Waals surface area contributed by atoms with Gasteiger partial charge in [0.15, 0.2) is 0 Å². The summed E-state index contributed by atoms with van der Waals surface area (Å²) in [5, 5.41) is 15.4. The van der Waals surface area contributed by atoms with E-state index in [0.29, 0.717) is 23.3 Å². The number of phenolic OH excluding ortho intramolecular Hbond substituents is 1. The zero-order valence-electron chi connectivity index (χ0n) is 19.5. The number of benzodiazepines with no additional fused rings is 1. The third-order valence-corrected chi connectivity index (χ3v) is 5.90. The van der Waals surface area contributed by atoms with Crippen molar-refractivity contribution in [3.8, 4) is 5.75 Å². The lowest BCUT2D eigenvalue weighted by Gasteiger charge is -2.25. The summed E-state index contributed by atoms with van der Waals surface area (Å²) in [6, 6.07) is 13.4. The Balaban J connectivity index is 1.96. The summed E-state index contributed by atoms with van der Waals surface area (Å²) in [7, 11) is 0. The van der Waals surface area contributed by atoms with Gasteiger partial charge >= 0.3 is 6.18 Å². The summed E-state index contributed by atoms with van der Waals surface area (Å²) in [5.41, 5.74) is 6.80. The van der Waals surface area contributed by atoms with Crippen LogP contribution in [0.2, 0.25) is 0 Å². The van der Waals surface area contributed by atoms with Gasteiger partial charge < -0.3 is 21.5 Å². The molecule has 36 heavy (non-hydrogen) atoms. The molecule has 1 heterocycles. The van der Waals surface area contributed by atoms with Crippen molar-refractivity contribution in [2.45, 2.75) is 44.9 Å². The molecule has 3 rings (SSSR count). The molecule has 3 amide bonds. The summed E-state index contributed by atoms with van der Waals surface area (Å²) in [6.45, 7) is 1.71. The largest absolute Gasteiger partial charge is 0.506 e. The fourth-order valence-electron chi connectivity index (χ4n) is 4.17. The van der Waals surface area contributed by atoms with Gasteiger partial charge in [0.25, 0.3) is 5.91 Å². The molecule has 0 saturated heterocycles. The number of anilines is 1. The number of fused-ring (bicyclic) bond motifs is 1. The van der Waals surface area contributed by atoms with Crippen molar-refractivity contribution in [3.63, 3.8) is 0 Å². The number of alkyl halides is 3.